The molecule has 11 heteroatoms. The summed E-state index contributed by atoms with van der Waals surface area (Å²) in [5, 5.41) is 2.66. The normalized spacial score (nSPS) is 11.5. The van der Waals surface area contributed by atoms with Crippen LogP contribution in [0.15, 0.2) is 107 Å². The highest BCUT2D eigenvalue weighted by Crippen LogP contribution is 2.27. The molecule has 0 aliphatic heterocycles. The Morgan fingerprint density at radius 1 is 0.750 bits per heavy atom. The van der Waals surface area contributed by atoms with Crippen molar-refractivity contribution in [2.24, 2.45) is 0 Å². The zero-order valence-electron chi connectivity index (χ0n) is 22.2. The van der Waals surface area contributed by atoms with E-state index < -0.39 is 32.5 Å². The molecule has 4 aromatic carbocycles. The number of methoxy groups -OCH3 is 1. The first-order valence-corrected chi connectivity index (χ1v) is 15.1. The first kappa shape index (κ1) is 28.7. The van der Waals surface area contributed by atoms with Crippen LogP contribution in [0.5, 0.6) is 5.75 Å². The van der Waals surface area contributed by atoms with Crippen molar-refractivity contribution in [3.8, 4) is 5.75 Å². The van der Waals surface area contributed by atoms with E-state index in [0.29, 0.717) is 28.4 Å². The van der Waals surface area contributed by atoms with E-state index in [4.69, 9.17) is 4.74 Å². The summed E-state index contributed by atoms with van der Waals surface area (Å²) < 4.78 is 61.4. The smallest absolute Gasteiger partial charge is 0.264 e. The number of ether oxygens (including phenoxy) is 1. The summed E-state index contributed by atoms with van der Waals surface area (Å²) in [4.78, 5) is 13.1. The number of nitrogens with zero attached hydrogens (tertiary/aromatic N) is 1. The van der Waals surface area contributed by atoms with Gasteiger partial charge in [0.25, 0.3) is 20.0 Å². The van der Waals surface area contributed by atoms with E-state index >= 15 is 0 Å². The number of hydrogen-bond donors (Lipinski definition) is 2. The first-order valence-electron chi connectivity index (χ1n) is 12.2. The van der Waals surface area contributed by atoms with Crippen LogP contribution in [0, 0.1) is 13.8 Å². The summed E-state index contributed by atoms with van der Waals surface area (Å²) in [6.07, 6.45) is 0. The lowest BCUT2D eigenvalue weighted by Crippen LogP contribution is -2.38. The van der Waals surface area contributed by atoms with Crippen molar-refractivity contribution in [1.29, 1.82) is 0 Å². The molecule has 0 aromatic heterocycles. The quantitative estimate of drug-likeness (QED) is 0.274. The second kappa shape index (κ2) is 11.8. The molecule has 0 unspecified atom stereocenters. The third kappa shape index (κ3) is 6.61. The van der Waals surface area contributed by atoms with Crippen molar-refractivity contribution in [2.45, 2.75) is 23.6 Å². The number of anilines is 3. The van der Waals surface area contributed by atoms with E-state index in [1.54, 1.807) is 67.6 Å². The van der Waals surface area contributed by atoms with Gasteiger partial charge in [-0.25, -0.2) is 16.8 Å². The molecule has 0 saturated carbocycles. The highest BCUT2D eigenvalue weighted by atomic mass is 32.2. The van der Waals surface area contributed by atoms with E-state index in [9.17, 15) is 21.6 Å². The summed E-state index contributed by atoms with van der Waals surface area (Å²) in [5.74, 6) is 0.00148. The van der Waals surface area contributed by atoms with Crippen LogP contribution in [0.4, 0.5) is 17.1 Å². The highest BCUT2D eigenvalue weighted by Gasteiger charge is 2.28. The van der Waals surface area contributed by atoms with Crippen molar-refractivity contribution in [3.63, 3.8) is 0 Å². The van der Waals surface area contributed by atoms with Gasteiger partial charge in [0.1, 0.15) is 12.3 Å². The van der Waals surface area contributed by atoms with Gasteiger partial charge in [-0.3, -0.25) is 13.8 Å². The maximum Gasteiger partial charge on any atom is 0.264 e. The monoisotopic (exact) mass is 579 g/mol. The van der Waals surface area contributed by atoms with E-state index in [-0.39, 0.29) is 9.79 Å². The summed E-state index contributed by atoms with van der Waals surface area (Å²) in [7, 11) is -6.43. The Bertz CT molecular complexity index is 1700. The Hall–Kier alpha value is -4.35. The lowest BCUT2D eigenvalue weighted by Gasteiger charge is -2.25. The lowest BCUT2D eigenvalue weighted by atomic mass is 10.2. The topological polar surface area (TPSA) is 122 Å². The SMILES string of the molecule is COc1ccc(NS(=O)(=O)c2ccc(NC(=O)CN(c3ccccc3C)S(=O)(=O)c3ccc(C)cc3)cc2)cc1. The second-order valence-corrected chi connectivity index (χ2v) is 12.6. The Morgan fingerprint density at radius 3 is 1.93 bits per heavy atom. The Balaban J connectivity index is 1.52. The van der Waals surface area contributed by atoms with E-state index in [0.717, 1.165) is 9.87 Å². The van der Waals surface area contributed by atoms with Crippen LogP contribution in [0.25, 0.3) is 0 Å². The molecule has 9 nitrogen and oxygen atoms in total. The predicted octanol–water partition coefficient (Wildman–Crippen LogP) is 4.95. The van der Waals surface area contributed by atoms with E-state index in [2.05, 4.69) is 10.0 Å². The Kier molecular flexibility index (Phi) is 8.46. The van der Waals surface area contributed by atoms with Gasteiger partial charge in [-0.05, 0) is 86.1 Å². The summed E-state index contributed by atoms with van der Waals surface area (Å²) in [6.45, 7) is 3.14. The zero-order chi connectivity index (χ0) is 28.9. The van der Waals surface area contributed by atoms with E-state index in [1.165, 1.54) is 43.5 Å². The zero-order valence-corrected chi connectivity index (χ0v) is 23.8. The fraction of sp³-hybridized carbons (Fsp3) is 0.138. The molecule has 0 atom stereocenters. The molecule has 0 saturated heterocycles. The van der Waals surface area contributed by atoms with Gasteiger partial charge < -0.3 is 10.1 Å². The average molecular weight is 580 g/mol. The molecule has 0 aliphatic rings. The number of nitrogens with one attached hydrogen (secondary N) is 2. The molecule has 208 valence electrons. The fourth-order valence-corrected chi connectivity index (χ4v) is 6.45. The standard InChI is InChI=1S/C29H29N3O6S2/c1-21-8-16-27(17-9-21)40(36,37)32(28-7-5-4-6-22(28)2)20-29(33)30-23-12-18-26(19-13-23)39(34,35)31-24-10-14-25(38-3)15-11-24/h4-19,31H,20H2,1-3H3,(H,30,33). The minimum absolute atomic E-state index is 0.00944. The number of hydrogen-bond acceptors (Lipinski definition) is 6. The van der Waals surface area contributed by atoms with Crippen LogP contribution in [0.2, 0.25) is 0 Å². The predicted molar refractivity (Wildman–Crippen MR) is 156 cm³/mol. The van der Waals surface area contributed by atoms with Crippen molar-refractivity contribution >= 4 is 43.0 Å². The third-order valence-electron chi connectivity index (χ3n) is 6.07. The van der Waals surface area contributed by atoms with Crippen LogP contribution in [-0.2, 0) is 24.8 Å². The lowest BCUT2D eigenvalue weighted by molar-refractivity contribution is -0.114. The van der Waals surface area contributed by atoms with Crippen LogP contribution < -0.4 is 19.1 Å². The third-order valence-corrected chi connectivity index (χ3v) is 9.24. The van der Waals surface area contributed by atoms with Gasteiger partial charge in [0.15, 0.2) is 0 Å². The molecular weight excluding hydrogens is 550 g/mol. The maximum absolute atomic E-state index is 13.6. The fourth-order valence-electron chi connectivity index (χ4n) is 3.90. The van der Waals surface area contributed by atoms with Crippen molar-refractivity contribution in [3.05, 3.63) is 108 Å². The van der Waals surface area contributed by atoms with Crippen molar-refractivity contribution in [2.75, 3.05) is 28.0 Å². The molecule has 0 bridgehead atoms. The van der Waals surface area contributed by atoms with Gasteiger partial charge in [-0.2, -0.15) is 0 Å². The summed E-state index contributed by atoms with van der Waals surface area (Å²) in [5.41, 5.74) is 2.65. The van der Waals surface area contributed by atoms with Gasteiger partial charge in [-0.15, -0.1) is 0 Å². The number of amides is 1. The van der Waals surface area contributed by atoms with Gasteiger partial charge >= 0.3 is 0 Å². The molecule has 0 heterocycles. The molecule has 0 radical (unpaired) electrons. The molecule has 4 rings (SSSR count). The number of rotatable bonds is 10. The number of sulfonamides is 2. The van der Waals surface area contributed by atoms with Crippen LogP contribution in [0.3, 0.4) is 0 Å². The largest absolute Gasteiger partial charge is 0.497 e. The minimum atomic E-state index is -4.06. The first-order chi connectivity index (χ1) is 19.0. The number of para-hydroxylation sites is 1. The second-order valence-electron chi connectivity index (χ2n) is 9.02. The highest BCUT2D eigenvalue weighted by molar-refractivity contribution is 7.93. The Labute approximate surface area is 234 Å². The minimum Gasteiger partial charge on any atom is -0.497 e. The van der Waals surface area contributed by atoms with Crippen molar-refractivity contribution < 1.29 is 26.4 Å². The van der Waals surface area contributed by atoms with Crippen LogP contribution in [0.1, 0.15) is 11.1 Å². The maximum atomic E-state index is 13.6. The summed E-state index contributed by atoms with van der Waals surface area (Å²) in [6, 6.07) is 25.3. The number of aryl methyl sites for hydroxylation is 2. The number of benzene rings is 4. The molecule has 0 aliphatic carbocycles. The molecular formula is C29H29N3O6S2. The molecule has 2 N–H and O–H groups in total. The van der Waals surface area contributed by atoms with Gasteiger partial charge in [-0.1, -0.05) is 35.9 Å². The summed E-state index contributed by atoms with van der Waals surface area (Å²) >= 11 is 0. The molecule has 0 fully saturated rings. The Morgan fingerprint density at radius 2 is 1.32 bits per heavy atom. The number of carbonyl (C=O) groups is 1. The van der Waals surface area contributed by atoms with Gasteiger partial charge in [0.2, 0.25) is 5.91 Å². The molecule has 1 amide bonds. The average Bonchev–Trinajstić information content (AvgIpc) is 2.93. The molecule has 0 spiro atoms. The van der Waals surface area contributed by atoms with Gasteiger partial charge in [0, 0.05) is 11.4 Å². The molecule has 40 heavy (non-hydrogen) atoms. The van der Waals surface area contributed by atoms with Gasteiger partial charge in [0.05, 0.1) is 22.6 Å². The van der Waals surface area contributed by atoms with Crippen LogP contribution >= 0.6 is 0 Å². The van der Waals surface area contributed by atoms with Crippen LogP contribution in [-0.4, -0.2) is 36.4 Å². The number of carbonyl (C=O) groups excluding carboxylic acids is 1. The van der Waals surface area contributed by atoms with E-state index in [1.807, 2.05) is 6.92 Å². The molecule has 4 aromatic rings. The van der Waals surface area contributed by atoms with Crippen molar-refractivity contribution in [1.82, 2.24) is 0 Å².